The Morgan fingerprint density at radius 3 is 2.69 bits per heavy atom. The molecule has 0 aliphatic heterocycles. The molecule has 90 valence electrons. The van der Waals surface area contributed by atoms with Gasteiger partial charge in [0.25, 0.3) is 0 Å². The van der Waals surface area contributed by atoms with E-state index < -0.39 is 0 Å². The fraction of sp³-hybridized carbons (Fsp3) is 0.667. The third-order valence-corrected chi connectivity index (χ3v) is 2.38. The summed E-state index contributed by atoms with van der Waals surface area (Å²) in [6.07, 6.45) is 5.28. The summed E-state index contributed by atoms with van der Waals surface area (Å²) < 4.78 is 5.54. The van der Waals surface area contributed by atoms with Gasteiger partial charge in [-0.15, -0.1) is 0 Å². The van der Waals surface area contributed by atoms with Crippen LogP contribution in [0, 0.1) is 0 Å². The highest BCUT2D eigenvalue weighted by atomic mass is 35.5. The first kappa shape index (κ1) is 13.2. The van der Waals surface area contributed by atoms with E-state index in [0.29, 0.717) is 17.6 Å². The summed E-state index contributed by atoms with van der Waals surface area (Å²) in [5.41, 5.74) is 0. The predicted molar refractivity (Wildman–Crippen MR) is 66.1 cm³/mol. The van der Waals surface area contributed by atoms with Crippen molar-refractivity contribution in [2.45, 2.75) is 46.0 Å². The summed E-state index contributed by atoms with van der Waals surface area (Å²) in [6.45, 7) is 4.96. The van der Waals surface area contributed by atoms with E-state index in [0.717, 1.165) is 25.1 Å². The van der Waals surface area contributed by atoms with Crippen LogP contribution < -0.4 is 4.74 Å². The lowest BCUT2D eigenvalue weighted by Crippen LogP contribution is -2.02. The summed E-state index contributed by atoms with van der Waals surface area (Å²) in [5, 5.41) is 0.462. The van der Waals surface area contributed by atoms with Crippen molar-refractivity contribution in [1.82, 2.24) is 9.97 Å². The molecule has 0 aromatic carbocycles. The Kier molecular flexibility index (Phi) is 6.16. The molecule has 4 heteroatoms. The third-order valence-electron chi connectivity index (χ3n) is 2.19. The zero-order valence-electron chi connectivity index (χ0n) is 10.0. The van der Waals surface area contributed by atoms with Crippen LogP contribution in [0.1, 0.15) is 45.4 Å². The van der Waals surface area contributed by atoms with E-state index in [9.17, 15) is 0 Å². The zero-order valence-corrected chi connectivity index (χ0v) is 10.8. The Balaban J connectivity index is 2.51. The van der Waals surface area contributed by atoms with E-state index in [2.05, 4.69) is 23.8 Å². The Labute approximate surface area is 102 Å². The molecule has 0 spiro atoms. The number of aryl methyl sites for hydroxylation is 1. The Morgan fingerprint density at radius 1 is 1.19 bits per heavy atom. The van der Waals surface area contributed by atoms with Crippen LogP contribution in [0.3, 0.4) is 0 Å². The summed E-state index contributed by atoms with van der Waals surface area (Å²) in [4.78, 5) is 8.45. The number of hydrogen-bond donors (Lipinski definition) is 0. The molecule has 0 saturated carbocycles. The lowest BCUT2D eigenvalue weighted by Gasteiger charge is -2.06. The van der Waals surface area contributed by atoms with Crippen molar-refractivity contribution in [3.05, 3.63) is 17.0 Å². The van der Waals surface area contributed by atoms with Crippen LogP contribution >= 0.6 is 11.6 Å². The lowest BCUT2D eigenvalue weighted by molar-refractivity contribution is 0.293. The van der Waals surface area contributed by atoms with Crippen molar-refractivity contribution in [2.24, 2.45) is 0 Å². The normalized spacial score (nSPS) is 10.4. The molecule has 0 unspecified atom stereocenters. The van der Waals surface area contributed by atoms with Gasteiger partial charge in [0.1, 0.15) is 11.0 Å². The molecule has 1 heterocycles. The molecule has 0 aliphatic rings. The van der Waals surface area contributed by atoms with Crippen LogP contribution in [0.2, 0.25) is 5.15 Å². The van der Waals surface area contributed by atoms with Crippen molar-refractivity contribution in [3.63, 3.8) is 0 Å². The van der Waals surface area contributed by atoms with Gasteiger partial charge in [-0.25, -0.2) is 4.98 Å². The summed E-state index contributed by atoms with van der Waals surface area (Å²) in [7, 11) is 0. The minimum Gasteiger partial charge on any atom is -0.478 e. The van der Waals surface area contributed by atoms with Gasteiger partial charge in [0.15, 0.2) is 0 Å². The standard InChI is InChI=1S/C12H19ClN2O/c1-3-5-6-8-16-12-9-10(13)14-11(15-12)7-4-2/h9H,3-8H2,1-2H3. The van der Waals surface area contributed by atoms with Crippen LogP contribution in [0.15, 0.2) is 6.07 Å². The van der Waals surface area contributed by atoms with Crippen molar-refractivity contribution < 1.29 is 4.74 Å². The molecule has 1 aromatic heterocycles. The highest BCUT2D eigenvalue weighted by molar-refractivity contribution is 6.29. The van der Waals surface area contributed by atoms with Gasteiger partial charge in [-0.3, -0.25) is 0 Å². The van der Waals surface area contributed by atoms with Crippen molar-refractivity contribution in [2.75, 3.05) is 6.61 Å². The maximum Gasteiger partial charge on any atom is 0.218 e. The van der Waals surface area contributed by atoms with Crippen molar-refractivity contribution in [3.8, 4) is 5.88 Å². The average molecular weight is 243 g/mol. The number of rotatable bonds is 7. The molecule has 0 radical (unpaired) electrons. The van der Waals surface area contributed by atoms with Gasteiger partial charge in [-0.1, -0.05) is 38.3 Å². The number of halogens is 1. The molecule has 16 heavy (non-hydrogen) atoms. The first-order valence-corrected chi connectivity index (χ1v) is 6.30. The fourth-order valence-corrected chi connectivity index (χ4v) is 1.57. The largest absolute Gasteiger partial charge is 0.478 e. The zero-order chi connectivity index (χ0) is 11.8. The Bertz CT molecular complexity index is 318. The first-order valence-electron chi connectivity index (χ1n) is 5.92. The number of aromatic nitrogens is 2. The monoisotopic (exact) mass is 242 g/mol. The maximum atomic E-state index is 5.89. The summed E-state index contributed by atoms with van der Waals surface area (Å²) in [5.74, 6) is 1.36. The predicted octanol–water partition coefficient (Wildman–Crippen LogP) is 3.65. The Morgan fingerprint density at radius 2 is 2.00 bits per heavy atom. The number of unbranched alkanes of at least 4 members (excludes halogenated alkanes) is 2. The van der Waals surface area contributed by atoms with E-state index in [1.807, 2.05) is 0 Å². The van der Waals surface area contributed by atoms with E-state index in [4.69, 9.17) is 16.3 Å². The molecule has 0 amide bonds. The molecule has 0 fully saturated rings. The Hall–Kier alpha value is -0.830. The minimum atomic E-state index is 0.462. The van der Waals surface area contributed by atoms with Crippen LogP contribution in [0.4, 0.5) is 0 Å². The maximum absolute atomic E-state index is 5.89. The van der Waals surface area contributed by atoms with E-state index >= 15 is 0 Å². The molecule has 0 saturated heterocycles. The smallest absolute Gasteiger partial charge is 0.218 e. The molecular formula is C12H19ClN2O. The molecule has 0 bridgehead atoms. The van der Waals surface area contributed by atoms with Gasteiger partial charge in [0.05, 0.1) is 6.61 Å². The van der Waals surface area contributed by atoms with Crippen molar-refractivity contribution in [1.29, 1.82) is 0 Å². The van der Waals surface area contributed by atoms with E-state index in [1.165, 1.54) is 12.8 Å². The molecule has 0 atom stereocenters. The summed E-state index contributed by atoms with van der Waals surface area (Å²) >= 11 is 5.89. The molecule has 3 nitrogen and oxygen atoms in total. The van der Waals surface area contributed by atoms with Crippen LogP contribution in [0.5, 0.6) is 5.88 Å². The SMILES string of the molecule is CCCCCOc1cc(Cl)nc(CCC)n1. The van der Waals surface area contributed by atoms with Gasteiger partial charge >= 0.3 is 0 Å². The second kappa shape index (κ2) is 7.44. The number of nitrogens with zero attached hydrogens (tertiary/aromatic N) is 2. The van der Waals surface area contributed by atoms with Gasteiger partial charge < -0.3 is 4.74 Å². The summed E-state index contributed by atoms with van der Waals surface area (Å²) in [6, 6.07) is 1.67. The van der Waals surface area contributed by atoms with Crippen LogP contribution in [0.25, 0.3) is 0 Å². The van der Waals surface area contributed by atoms with Gasteiger partial charge in [0, 0.05) is 12.5 Å². The van der Waals surface area contributed by atoms with E-state index in [-0.39, 0.29) is 0 Å². The van der Waals surface area contributed by atoms with Gasteiger partial charge in [-0.05, 0) is 12.8 Å². The molecule has 0 aliphatic carbocycles. The van der Waals surface area contributed by atoms with Crippen LogP contribution in [-0.4, -0.2) is 16.6 Å². The minimum absolute atomic E-state index is 0.462. The molecular weight excluding hydrogens is 224 g/mol. The lowest BCUT2D eigenvalue weighted by atomic mass is 10.3. The highest BCUT2D eigenvalue weighted by Gasteiger charge is 2.03. The number of ether oxygens (including phenoxy) is 1. The quantitative estimate of drug-likeness (QED) is 0.541. The second-order valence-electron chi connectivity index (χ2n) is 3.75. The van der Waals surface area contributed by atoms with E-state index in [1.54, 1.807) is 6.07 Å². The second-order valence-corrected chi connectivity index (χ2v) is 4.14. The third kappa shape index (κ3) is 4.79. The average Bonchev–Trinajstić information content (AvgIpc) is 2.24. The highest BCUT2D eigenvalue weighted by Crippen LogP contribution is 2.15. The first-order chi connectivity index (χ1) is 7.76. The number of hydrogen-bond acceptors (Lipinski definition) is 3. The van der Waals surface area contributed by atoms with Gasteiger partial charge in [-0.2, -0.15) is 4.98 Å². The molecule has 0 N–H and O–H groups in total. The topological polar surface area (TPSA) is 35.0 Å². The van der Waals surface area contributed by atoms with Crippen molar-refractivity contribution >= 4 is 11.6 Å². The molecule has 1 rings (SSSR count). The fourth-order valence-electron chi connectivity index (χ4n) is 1.38. The molecule has 1 aromatic rings. The van der Waals surface area contributed by atoms with Gasteiger partial charge in [0.2, 0.25) is 5.88 Å². The van der Waals surface area contributed by atoms with Crippen LogP contribution in [-0.2, 0) is 6.42 Å².